The standard InChI is InChI=1S/C15H28N2O/c1-15(2)7-5-14(18)12(9-15)10-17-8-6-13(11-17)16(3)4/h12-13H,5-11H2,1-4H3. The van der Waals surface area contributed by atoms with Gasteiger partial charge in [-0.3, -0.25) is 4.79 Å². The van der Waals surface area contributed by atoms with E-state index in [2.05, 4.69) is 37.7 Å². The number of Topliss-reactive ketones (excluding diaryl/α,β-unsaturated/α-hetero) is 1. The molecule has 2 fully saturated rings. The third kappa shape index (κ3) is 3.33. The molecule has 0 spiro atoms. The molecular weight excluding hydrogens is 224 g/mol. The lowest BCUT2D eigenvalue weighted by molar-refractivity contribution is -0.127. The molecule has 1 saturated carbocycles. The van der Waals surface area contributed by atoms with E-state index in [1.165, 1.54) is 6.42 Å². The summed E-state index contributed by atoms with van der Waals surface area (Å²) in [4.78, 5) is 16.9. The van der Waals surface area contributed by atoms with Crippen LogP contribution in [0.5, 0.6) is 0 Å². The monoisotopic (exact) mass is 252 g/mol. The van der Waals surface area contributed by atoms with Gasteiger partial charge in [0.05, 0.1) is 0 Å². The molecule has 1 aliphatic carbocycles. The first kappa shape index (κ1) is 14.0. The van der Waals surface area contributed by atoms with Crippen LogP contribution in [-0.2, 0) is 4.79 Å². The van der Waals surface area contributed by atoms with E-state index in [1.807, 2.05) is 0 Å². The van der Waals surface area contributed by atoms with E-state index in [4.69, 9.17) is 0 Å². The summed E-state index contributed by atoms with van der Waals surface area (Å²) in [6.07, 6.45) is 4.19. The molecule has 3 heteroatoms. The van der Waals surface area contributed by atoms with Gasteiger partial charge in [0, 0.05) is 31.5 Å². The fraction of sp³-hybridized carbons (Fsp3) is 0.933. The summed E-state index contributed by atoms with van der Waals surface area (Å²) in [5, 5.41) is 0. The molecule has 0 aromatic rings. The van der Waals surface area contributed by atoms with Crippen LogP contribution in [0, 0.1) is 11.3 Å². The lowest BCUT2D eigenvalue weighted by Gasteiger charge is -2.36. The Labute approximate surface area is 112 Å². The van der Waals surface area contributed by atoms with Crippen molar-refractivity contribution < 1.29 is 4.79 Å². The molecule has 18 heavy (non-hydrogen) atoms. The Kier molecular flexibility index (Phi) is 4.12. The van der Waals surface area contributed by atoms with Crippen LogP contribution >= 0.6 is 0 Å². The van der Waals surface area contributed by atoms with Crippen LogP contribution in [0.1, 0.15) is 39.5 Å². The number of rotatable bonds is 3. The zero-order chi connectivity index (χ0) is 13.3. The molecule has 3 nitrogen and oxygen atoms in total. The summed E-state index contributed by atoms with van der Waals surface area (Å²) in [6, 6.07) is 0.678. The van der Waals surface area contributed by atoms with E-state index < -0.39 is 0 Å². The van der Waals surface area contributed by atoms with Crippen LogP contribution in [0.25, 0.3) is 0 Å². The van der Waals surface area contributed by atoms with Gasteiger partial charge in [-0.15, -0.1) is 0 Å². The van der Waals surface area contributed by atoms with Crippen LogP contribution in [-0.4, -0.2) is 55.4 Å². The van der Waals surface area contributed by atoms with Crippen LogP contribution in [0.2, 0.25) is 0 Å². The van der Waals surface area contributed by atoms with Gasteiger partial charge < -0.3 is 9.80 Å². The molecule has 0 aromatic heterocycles. The van der Waals surface area contributed by atoms with Crippen molar-refractivity contribution in [2.24, 2.45) is 11.3 Å². The van der Waals surface area contributed by atoms with Crippen molar-refractivity contribution in [2.75, 3.05) is 33.7 Å². The van der Waals surface area contributed by atoms with Gasteiger partial charge in [0.25, 0.3) is 0 Å². The molecule has 2 aliphatic rings. The second-order valence-electron chi connectivity index (χ2n) is 7.20. The Hall–Kier alpha value is -0.410. The topological polar surface area (TPSA) is 23.6 Å². The summed E-state index contributed by atoms with van der Waals surface area (Å²) in [5.74, 6) is 0.789. The fourth-order valence-corrected chi connectivity index (χ4v) is 3.43. The highest BCUT2D eigenvalue weighted by Crippen LogP contribution is 2.37. The highest BCUT2D eigenvalue weighted by molar-refractivity contribution is 5.82. The van der Waals surface area contributed by atoms with Crippen LogP contribution in [0.4, 0.5) is 0 Å². The van der Waals surface area contributed by atoms with Crippen molar-refractivity contribution in [1.29, 1.82) is 0 Å². The quantitative estimate of drug-likeness (QED) is 0.768. The van der Waals surface area contributed by atoms with Crippen LogP contribution < -0.4 is 0 Å². The maximum absolute atomic E-state index is 12.0. The predicted molar refractivity (Wildman–Crippen MR) is 74.7 cm³/mol. The maximum atomic E-state index is 12.0. The molecule has 0 radical (unpaired) electrons. The summed E-state index contributed by atoms with van der Waals surface area (Å²) in [5.41, 5.74) is 0.360. The first-order valence-electron chi connectivity index (χ1n) is 7.29. The lowest BCUT2D eigenvalue weighted by atomic mass is 9.71. The number of carbonyl (C=O) groups is 1. The summed E-state index contributed by atoms with van der Waals surface area (Å²) in [7, 11) is 4.31. The molecule has 0 bridgehead atoms. The Balaban J connectivity index is 1.87. The van der Waals surface area contributed by atoms with Gasteiger partial charge in [0.15, 0.2) is 0 Å². The Bertz CT molecular complexity index is 312. The number of likely N-dealkylation sites (tertiary alicyclic amines) is 1. The van der Waals surface area contributed by atoms with Gasteiger partial charge in [-0.2, -0.15) is 0 Å². The number of nitrogens with zero attached hydrogens (tertiary/aromatic N) is 2. The van der Waals surface area contributed by atoms with Crippen molar-refractivity contribution in [3.8, 4) is 0 Å². The Morgan fingerprint density at radius 2 is 2.11 bits per heavy atom. The fourth-order valence-electron chi connectivity index (χ4n) is 3.43. The molecule has 104 valence electrons. The maximum Gasteiger partial charge on any atom is 0.137 e. The third-order valence-corrected chi connectivity index (χ3v) is 4.76. The van der Waals surface area contributed by atoms with E-state index in [9.17, 15) is 4.79 Å². The van der Waals surface area contributed by atoms with Gasteiger partial charge in [0.2, 0.25) is 0 Å². The lowest BCUT2D eigenvalue weighted by Crippen LogP contribution is -2.39. The number of carbonyl (C=O) groups excluding carboxylic acids is 1. The SMILES string of the molecule is CN(C)C1CCN(CC2CC(C)(C)CCC2=O)C1. The minimum Gasteiger partial charge on any atom is -0.305 e. The average Bonchev–Trinajstić information content (AvgIpc) is 2.72. The molecule has 2 rings (SSSR count). The highest BCUT2D eigenvalue weighted by atomic mass is 16.1. The largest absolute Gasteiger partial charge is 0.305 e. The van der Waals surface area contributed by atoms with Crippen LogP contribution in [0.3, 0.4) is 0 Å². The summed E-state index contributed by atoms with van der Waals surface area (Å²) < 4.78 is 0. The zero-order valence-corrected chi connectivity index (χ0v) is 12.4. The summed E-state index contributed by atoms with van der Waals surface area (Å²) >= 11 is 0. The highest BCUT2D eigenvalue weighted by Gasteiger charge is 2.35. The molecule has 1 saturated heterocycles. The van der Waals surface area contributed by atoms with E-state index in [0.717, 1.165) is 38.9 Å². The second-order valence-corrected chi connectivity index (χ2v) is 7.20. The average molecular weight is 252 g/mol. The van der Waals surface area contributed by atoms with Gasteiger partial charge in [-0.05, 0) is 45.3 Å². The van der Waals surface area contributed by atoms with Gasteiger partial charge >= 0.3 is 0 Å². The van der Waals surface area contributed by atoms with Gasteiger partial charge in [0.1, 0.15) is 5.78 Å². The Morgan fingerprint density at radius 1 is 1.39 bits per heavy atom. The summed E-state index contributed by atoms with van der Waals surface area (Å²) in [6.45, 7) is 7.90. The van der Waals surface area contributed by atoms with Gasteiger partial charge in [-0.25, -0.2) is 0 Å². The first-order chi connectivity index (χ1) is 8.37. The number of hydrogen-bond acceptors (Lipinski definition) is 3. The van der Waals surface area contributed by atoms with E-state index in [0.29, 0.717) is 17.2 Å². The molecular formula is C15H28N2O. The van der Waals surface area contributed by atoms with E-state index >= 15 is 0 Å². The molecule has 0 amide bonds. The van der Waals surface area contributed by atoms with Crippen LogP contribution in [0.15, 0.2) is 0 Å². The first-order valence-corrected chi connectivity index (χ1v) is 7.29. The van der Waals surface area contributed by atoms with E-state index in [-0.39, 0.29) is 5.92 Å². The molecule has 0 aromatic carbocycles. The normalized spacial score (nSPS) is 33.3. The third-order valence-electron chi connectivity index (χ3n) is 4.76. The second kappa shape index (κ2) is 5.30. The number of hydrogen-bond donors (Lipinski definition) is 0. The molecule has 2 atom stereocenters. The number of likely N-dealkylation sites (N-methyl/N-ethyl adjacent to an activating group) is 1. The minimum absolute atomic E-state index is 0.287. The van der Waals surface area contributed by atoms with Crippen molar-refractivity contribution in [2.45, 2.75) is 45.6 Å². The minimum atomic E-state index is 0.287. The Morgan fingerprint density at radius 3 is 2.72 bits per heavy atom. The van der Waals surface area contributed by atoms with Crippen molar-refractivity contribution in [3.63, 3.8) is 0 Å². The smallest absolute Gasteiger partial charge is 0.137 e. The van der Waals surface area contributed by atoms with Crippen molar-refractivity contribution >= 4 is 5.78 Å². The predicted octanol–water partition coefficient (Wildman–Crippen LogP) is 2.02. The van der Waals surface area contributed by atoms with Crippen molar-refractivity contribution in [1.82, 2.24) is 9.80 Å². The van der Waals surface area contributed by atoms with Gasteiger partial charge in [-0.1, -0.05) is 13.8 Å². The molecule has 1 aliphatic heterocycles. The zero-order valence-electron chi connectivity index (χ0n) is 12.4. The molecule has 1 heterocycles. The molecule has 2 unspecified atom stereocenters. The van der Waals surface area contributed by atoms with Crippen molar-refractivity contribution in [3.05, 3.63) is 0 Å². The molecule has 0 N–H and O–H groups in total. The van der Waals surface area contributed by atoms with E-state index in [1.54, 1.807) is 0 Å². The number of ketones is 1.